The number of benzene rings is 2. The van der Waals surface area contributed by atoms with Gasteiger partial charge in [0.25, 0.3) is 0 Å². The molecule has 0 aliphatic rings. The van der Waals surface area contributed by atoms with Gasteiger partial charge in [0.05, 0.1) is 5.69 Å². The fourth-order valence-electron chi connectivity index (χ4n) is 1.86. The van der Waals surface area contributed by atoms with E-state index in [-0.39, 0.29) is 0 Å². The molecule has 4 heteroatoms. The van der Waals surface area contributed by atoms with Crippen LogP contribution in [0.3, 0.4) is 0 Å². The summed E-state index contributed by atoms with van der Waals surface area (Å²) in [4.78, 5) is 0. The number of aromatic nitrogens is 1. The molecule has 0 saturated heterocycles. The summed E-state index contributed by atoms with van der Waals surface area (Å²) in [6.07, 6.45) is 0. The predicted molar refractivity (Wildman–Crippen MR) is 76.3 cm³/mol. The van der Waals surface area contributed by atoms with Gasteiger partial charge in [0.2, 0.25) is 0 Å². The average molecular weight is 266 g/mol. The van der Waals surface area contributed by atoms with Crippen LogP contribution in [0.25, 0.3) is 11.3 Å². The van der Waals surface area contributed by atoms with Crippen LogP contribution >= 0.6 is 0 Å². The van der Waals surface area contributed by atoms with Crippen LogP contribution in [0.4, 0.5) is 0 Å². The van der Waals surface area contributed by atoms with Crippen molar-refractivity contribution >= 4 is 0 Å². The molecule has 0 radical (unpaired) electrons. The third kappa shape index (κ3) is 2.70. The van der Waals surface area contributed by atoms with Crippen LogP contribution in [0.15, 0.2) is 65.2 Å². The number of nitrogens with zero attached hydrogens (tertiary/aromatic N) is 1. The van der Waals surface area contributed by atoms with Crippen molar-refractivity contribution in [2.24, 2.45) is 5.73 Å². The minimum absolute atomic E-state index is 0.374. The third-order valence-electron chi connectivity index (χ3n) is 2.89. The molecule has 20 heavy (non-hydrogen) atoms. The van der Waals surface area contributed by atoms with E-state index in [1.165, 1.54) is 0 Å². The van der Waals surface area contributed by atoms with Gasteiger partial charge in [-0.3, -0.25) is 0 Å². The lowest BCUT2D eigenvalue weighted by Crippen LogP contribution is -1.94. The quantitative estimate of drug-likeness (QED) is 0.783. The molecular weight excluding hydrogens is 252 g/mol. The predicted octanol–water partition coefficient (Wildman–Crippen LogP) is 3.59. The van der Waals surface area contributed by atoms with Gasteiger partial charge in [-0.05, 0) is 36.4 Å². The van der Waals surface area contributed by atoms with Crippen molar-refractivity contribution in [1.82, 2.24) is 5.16 Å². The van der Waals surface area contributed by atoms with Crippen molar-refractivity contribution < 1.29 is 9.26 Å². The molecule has 0 bridgehead atoms. The Kier molecular flexibility index (Phi) is 3.48. The lowest BCUT2D eigenvalue weighted by atomic mass is 10.1. The molecule has 1 aromatic heterocycles. The van der Waals surface area contributed by atoms with Gasteiger partial charge >= 0.3 is 0 Å². The van der Waals surface area contributed by atoms with Crippen molar-refractivity contribution in [2.45, 2.75) is 6.54 Å². The Balaban J connectivity index is 1.77. The molecular formula is C16H14N2O2. The first-order chi connectivity index (χ1) is 9.85. The summed E-state index contributed by atoms with van der Waals surface area (Å²) < 4.78 is 11.0. The summed E-state index contributed by atoms with van der Waals surface area (Å²) in [5.41, 5.74) is 7.19. The van der Waals surface area contributed by atoms with Crippen LogP contribution in [0, 0.1) is 0 Å². The number of para-hydroxylation sites is 1. The summed E-state index contributed by atoms with van der Waals surface area (Å²) in [6.45, 7) is 0.374. The SMILES string of the molecule is NCc1cc(-c2ccc(Oc3ccccc3)cc2)on1. The molecule has 0 aliphatic heterocycles. The first kappa shape index (κ1) is 12.4. The molecule has 0 spiro atoms. The molecule has 0 aliphatic carbocycles. The molecule has 3 aromatic rings. The molecule has 0 saturated carbocycles. The maximum absolute atomic E-state index is 5.73. The van der Waals surface area contributed by atoms with Gasteiger partial charge < -0.3 is 15.0 Å². The van der Waals surface area contributed by atoms with E-state index >= 15 is 0 Å². The highest BCUT2D eigenvalue weighted by atomic mass is 16.5. The van der Waals surface area contributed by atoms with E-state index < -0.39 is 0 Å². The molecule has 4 nitrogen and oxygen atoms in total. The summed E-state index contributed by atoms with van der Waals surface area (Å²) in [7, 11) is 0. The Labute approximate surface area is 116 Å². The Morgan fingerprint density at radius 2 is 1.65 bits per heavy atom. The highest BCUT2D eigenvalue weighted by Crippen LogP contribution is 2.26. The van der Waals surface area contributed by atoms with Crippen LogP contribution in [-0.2, 0) is 6.54 Å². The number of nitrogens with two attached hydrogens (primary N) is 1. The van der Waals surface area contributed by atoms with E-state index in [4.69, 9.17) is 15.0 Å². The molecule has 100 valence electrons. The fourth-order valence-corrected chi connectivity index (χ4v) is 1.86. The van der Waals surface area contributed by atoms with Crippen LogP contribution in [0.5, 0.6) is 11.5 Å². The number of ether oxygens (including phenoxy) is 1. The van der Waals surface area contributed by atoms with Gasteiger partial charge in [-0.25, -0.2) is 0 Å². The second-order valence-corrected chi connectivity index (χ2v) is 4.33. The Morgan fingerprint density at radius 1 is 0.950 bits per heavy atom. The molecule has 3 rings (SSSR count). The van der Waals surface area contributed by atoms with Gasteiger partial charge in [0.15, 0.2) is 5.76 Å². The van der Waals surface area contributed by atoms with Crippen LogP contribution in [0.2, 0.25) is 0 Å². The molecule has 0 amide bonds. The summed E-state index contributed by atoms with van der Waals surface area (Å²) in [5.74, 6) is 2.29. The van der Waals surface area contributed by atoms with Crippen molar-refractivity contribution in [3.8, 4) is 22.8 Å². The van der Waals surface area contributed by atoms with Crippen LogP contribution in [0.1, 0.15) is 5.69 Å². The maximum Gasteiger partial charge on any atom is 0.167 e. The second-order valence-electron chi connectivity index (χ2n) is 4.33. The highest BCUT2D eigenvalue weighted by Gasteiger charge is 2.06. The first-order valence-electron chi connectivity index (χ1n) is 6.34. The molecule has 0 atom stereocenters. The Morgan fingerprint density at radius 3 is 2.30 bits per heavy atom. The Hall–Kier alpha value is -2.59. The largest absolute Gasteiger partial charge is 0.457 e. The lowest BCUT2D eigenvalue weighted by Gasteiger charge is -2.05. The summed E-state index contributed by atoms with van der Waals surface area (Å²) in [6, 6.07) is 19.1. The van der Waals surface area contributed by atoms with E-state index in [1.54, 1.807) is 0 Å². The zero-order chi connectivity index (χ0) is 13.8. The molecule has 2 N–H and O–H groups in total. The molecule has 2 aromatic carbocycles. The van der Waals surface area contributed by atoms with Gasteiger partial charge in [0, 0.05) is 18.2 Å². The minimum atomic E-state index is 0.374. The second kappa shape index (κ2) is 5.59. The zero-order valence-corrected chi connectivity index (χ0v) is 10.8. The summed E-state index contributed by atoms with van der Waals surface area (Å²) >= 11 is 0. The fraction of sp³-hybridized carbons (Fsp3) is 0.0625. The maximum atomic E-state index is 5.73. The van der Waals surface area contributed by atoms with Crippen molar-refractivity contribution in [2.75, 3.05) is 0 Å². The minimum Gasteiger partial charge on any atom is -0.457 e. The van der Waals surface area contributed by atoms with E-state index in [2.05, 4.69) is 5.16 Å². The third-order valence-corrected chi connectivity index (χ3v) is 2.89. The molecule has 1 heterocycles. The van der Waals surface area contributed by atoms with Gasteiger partial charge in [-0.2, -0.15) is 0 Å². The van der Waals surface area contributed by atoms with Crippen molar-refractivity contribution in [1.29, 1.82) is 0 Å². The Bertz CT molecular complexity index is 675. The number of hydrogen-bond donors (Lipinski definition) is 1. The van der Waals surface area contributed by atoms with E-state index in [0.717, 1.165) is 22.8 Å². The normalized spacial score (nSPS) is 10.4. The highest BCUT2D eigenvalue weighted by molar-refractivity contribution is 5.58. The van der Waals surface area contributed by atoms with E-state index in [0.29, 0.717) is 12.3 Å². The van der Waals surface area contributed by atoms with Gasteiger partial charge in [0.1, 0.15) is 11.5 Å². The molecule has 0 fully saturated rings. The van der Waals surface area contributed by atoms with Crippen molar-refractivity contribution in [3.05, 3.63) is 66.4 Å². The van der Waals surface area contributed by atoms with Crippen molar-refractivity contribution in [3.63, 3.8) is 0 Å². The number of hydrogen-bond acceptors (Lipinski definition) is 4. The molecule has 0 unspecified atom stereocenters. The van der Waals surface area contributed by atoms with E-state index in [1.807, 2.05) is 60.7 Å². The zero-order valence-electron chi connectivity index (χ0n) is 10.8. The van der Waals surface area contributed by atoms with Gasteiger partial charge in [-0.15, -0.1) is 0 Å². The smallest absolute Gasteiger partial charge is 0.167 e. The van der Waals surface area contributed by atoms with Crippen LogP contribution < -0.4 is 10.5 Å². The van der Waals surface area contributed by atoms with Crippen LogP contribution in [-0.4, -0.2) is 5.16 Å². The van der Waals surface area contributed by atoms with E-state index in [9.17, 15) is 0 Å². The topological polar surface area (TPSA) is 61.3 Å². The monoisotopic (exact) mass is 266 g/mol. The standard InChI is InChI=1S/C16H14N2O2/c17-11-13-10-16(20-18-13)12-6-8-15(9-7-12)19-14-4-2-1-3-5-14/h1-10H,11,17H2. The lowest BCUT2D eigenvalue weighted by molar-refractivity contribution is 0.424. The first-order valence-corrected chi connectivity index (χ1v) is 6.34. The number of rotatable bonds is 4. The average Bonchev–Trinajstić information content (AvgIpc) is 2.98. The van der Waals surface area contributed by atoms with Gasteiger partial charge in [-0.1, -0.05) is 23.4 Å². The summed E-state index contributed by atoms with van der Waals surface area (Å²) in [5, 5.41) is 3.87.